The van der Waals surface area contributed by atoms with Gasteiger partial charge < -0.3 is 123 Å². The number of carboxylic acid groups (broad SMARTS) is 3. The fourth-order valence-corrected chi connectivity index (χ4v) is 11.8. The maximum atomic E-state index is 14.8. The maximum absolute atomic E-state index is 14.8. The average Bonchev–Trinajstić information content (AvgIpc) is 1.56. The number of aromatic hydroxyl groups is 1. The van der Waals surface area contributed by atoms with Gasteiger partial charge in [0.15, 0.2) is 5.96 Å². The number of aliphatic carboxylic acids is 3. The molecule has 40 nitrogen and oxygen atoms in total. The van der Waals surface area contributed by atoms with Gasteiger partial charge >= 0.3 is 17.9 Å². The van der Waals surface area contributed by atoms with Gasteiger partial charge in [-0.3, -0.25) is 72.5 Å². The van der Waals surface area contributed by atoms with Crippen LogP contribution in [0, 0.1) is 5.41 Å². The highest BCUT2D eigenvalue weighted by Crippen LogP contribution is 2.21. The first-order valence-corrected chi connectivity index (χ1v) is 36.0. The topological polar surface area (TPSA) is 679 Å². The normalized spacial score (nSPS) is 14.0. The molecular weight excluding hydrogens is 1460 g/mol. The van der Waals surface area contributed by atoms with Crippen LogP contribution < -0.4 is 87.2 Å². The molecule has 11 atom stereocenters. The molecule has 0 saturated carbocycles. The van der Waals surface area contributed by atoms with Crippen molar-refractivity contribution in [2.45, 2.75) is 176 Å². The number of benzene rings is 3. The Labute approximate surface area is 641 Å². The number of fused-ring (bicyclic) bond motifs is 1. The predicted molar refractivity (Wildman–Crippen MR) is 401 cm³/mol. The number of nitrogens with zero attached hydrogens (tertiary/aromatic N) is 2. The second kappa shape index (κ2) is 45.2. The molecule has 0 fully saturated rings. The number of hydrogen-bond donors (Lipinski definition) is 24. The predicted octanol–water partition coefficient (Wildman–Crippen LogP) is -4.17. The van der Waals surface area contributed by atoms with E-state index in [1.54, 1.807) is 60.8 Å². The molecule has 0 aliphatic carbocycles. The molecule has 0 spiro atoms. The van der Waals surface area contributed by atoms with Gasteiger partial charge in [-0.05, 0) is 106 Å². The lowest BCUT2D eigenvalue weighted by atomic mass is 10.0. The summed E-state index contributed by atoms with van der Waals surface area (Å²) in [6.45, 7) is 0.423. The van der Waals surface area contributed by atoms with Gasteiger partial charge in [0.25, 0.3) is 0 Å². The summed E-state index contributed by atoms with van der Waals surface area (Å²) < 4.78 is 0. The van der Waals surface area contributed by atoms with Crippen molar-refractivity contribution in [3.05, 3.63) is 138 Å². The molecule has 40 heteroatoms. The number of guanidine groups is 1. The quantitative estimate of drug-likeness (QED) is 0.00979. The van der Waals surface area contributed by atoms with Crippen LogP contribution in [-0.4, -0.2) is 220 Å². The van der Waals surface area contributed by atoms with Crippen molar-refractivity contribution in [2.75, 3.05) is 19.6 Å². The number of phenols is 1. The van der Waals surface area contributed by atoms with Crippen molar-refractivity contribution in [1.82, 2.24) is 83.4 Å². The number of carboxylic acids is 3. The number of H-pyrrole nitrogens is 3. The van der Waals surface area contributed by atoms with E-state index in [1.165, 1.54) is 49.3 Å². The van der Waals surface area contributed by atoms with Crippen LogP contribution in [0.1, 0.15) is 105 Å². The Kier molecular flexibility index (Phi) is 35.5. The van der Waals surface area contributed by atoms with Crippen LogP contribution in [0.2, 0.25) is 0 Å². The molecule has 604 valence electrons. The Morgan fingerprint density at radius 3 is 1.28 bits per heavy atom. The monoisotopic (exact) mass is 1560 g/mol. The molecule has 6 aromatic rings. The Balaban J connectivity index is 1.23. The lowest BCUT2D eigenvalue weighted by Gasteiger charge is -2.28. The summed E-state index contributed by atoms with van der Waals surface area (Å²) in [5, 5.41) is 75.9. The van der Waals surface area contributed by atoms with Gasteiger partial charge in [0, 0.05) is 74.6 Å². The number of primary amides is 1. The highest BCUT2D eigenvalue weighted by atomic mass is 16.4. The number of amides is 11. The smallest absolute Gasteiger partial charge is 0.305 e. The van der Waals surface area contributed by atoms with E-state index < -0.39 is 181 Å². The fourth-order valence-electron chi connectivity index (χ4n) is 11.8. The molecule has 3 heterocycles. The van der Waals surface area contributed by atoms with Crippen molar-refractivity contribution in [3.8, 4) is 5.75 Å². The van der Waals surface area contributed by atoms with Crippen molar-refractivity contribution in [2.24, 2.45) is 28.7 Å². The zero-order valence-corrected chi connectivity index (χ0v) is 61.2. The van der Waals surface area contributed by atoms with E-state index in [4.69, 9.17) is 34.1 Å². The van der Waals surface area contributed by atoms with Crippen LogP contribution in [0.3, 0.4) is 0 Å². The molecule has 11 amide bonds. The lowest BCUT2D eigenvalue weighted by molar-refractivity contribution is -0.144. The summed E-state index contributed by atoms with van der Waals surface area (Å²) in [6.07, 6.45) is 2.87. The highest BCUT2D eigenvalue weighted by molar-refractivity contribution is 6.01. The second-order valence-corrected chi connectivity index (χ2v) is 26.5. The zero-order chi connectivity index (χ0) is 81.8. The van der Waals surface area contributed by atoms with Gasteiger partial charge in [-0.15, -0.1) is 0 Å². The SMILES string of the molecule is N=C(N)NCCC[C@H](NC(=O)[C@@H](CCCCN)NC(=O)[C@@H](Cc1c[nH]cn1)NC(=O)[C@@H](CC(=O)O)NC(=O)[C@@H](CC(=O)O)NC(=O)[C@H](CCC(=O)O)NC(=O)[C@@H](Cc1ccccc1)NC(=O)[C@H](Cc1ccc(O)cc1)NC(=O)[C@H](CCCCN)NC(=O)[C@H](N)Cc1c[nH]cn1)C(=O)N[C@@H](Cc1c[nH]c2ccccc12)C(N)=O. The first-order valence-electron chi connectivity index (χ1n) is 36.0. The number of carbonyl (C=O) groups is 14. The van der Waals surface area contributed by atoms with Gasteiger partial charge in [0.05, 0.1) is 42.9 Å². The van der Waals surface area contributed by atoms with Crippen LogP contribution >= 0.6 is 0 Å². The Bertz CT molecular complexity index is 4160. The molecule has 6 rings (SSSR count). The van der Waals surface area contributed by atoms with Crippen LogP contribution in [0.5, 0.6) is 5.75 Å². The molecule has 0 bridgehead atoms. The number of aromatic nitrogens is 5. The zero-order valence-electron chi connectivity index (χ0n) is 61.2. The average molecular weight is 1560 g/mol. The van der Waals surface area contributed by atoms with E-state index in [0.29, 0.717) is 41.6 Å². The van der Waals surface area contributed by atoms with Gasteiger partial charge in [-0.25, -0.2) is 9.97 Å². The summed E-state index contributed by atoms with van der Waals surface area (Å²) in [5.74, 6) is -17.5. The number of nitrogens with one attached hydrogen (secondary N) is 15. The fraction of sp³-hybridized carbons (Fsp3) is 0.431. The Morgan fingerprint density at radius 1 is 0.420 bits per heavy atom. The lowest BCUT2D eigenvalue weighted by Crippen LogP contribution is -2.61. The molecule has 0 aliphatic heterocycles. The van der Waals surface area contributed by atoms with Gasteiger partial charge in [0.1, 0.15) is 66.2 Å². The first-order chi connectivity index (χ1) is 53.5. The number of unbranched alkanes of at least 4 members (excludes halogenated alkanes) is 2. The van der Waals surface area contributed by atoms with Crippen LogP contribution in [-0.2, 0) is 99.2 Å². The molecule has 0 radical (unpaired) electrons. The van der Waals surface area contributed by atoms with E-state index in [1.807, 2.05) is 0 Å². The Morgan fingerprint density at radius 2 is 0.821 bits per heavy atom. The number of nitrogens with two attached hydrogens (primary N) is 5. The van der Waals surface area contributed by atoms with Crippen LogP contribution in [0.4, 0.5) is 0 Å². The van der Waals surface area contributed by atoms with E-state index in [9.17, 15) is 87.5 Å². The number of phenolic OH excluding ortho intramolecular Hbond substituents is 1. The van der Waals surface area contributed by atoms with Crippen molar-refractivity contribution >= 4 is 99.7 Å². The molecule has 0 unspecified atom stereocenters. The molecular formula is C72H98N22O18. The Hall–Kier alpha value is -12.9. The van der Waals surface area contributed by atoms with Gasteiger partial charge in [-0.2, -0.15) is 0 Å². The number of carbonyl (C=O) groups excluding carboxylic acids is 11. The third-order valence-corrected chi connectivity index (χ3v) is 17.7. The van der Waals surface area contributed by atoms with Crippen molar-refractivity contribution < 1.29 is 87.5 Å². The third-order valence-electron chi connectivity index (χ3n) is 17.7. The molecule has 0 aliphatic rings. The molecule has 112 heavy (non-hydrogen) atoms. The van der Waals surface area contributed by atoms with E-state index in [-0.39, 0.29) is 94.8 Å². The minimum atomic E-state index is -2.26. The van der Waals surface area contributed by atoms with Crippen molar-refractivity contribution in [3.63, 3.8) is 0 Å². The number of rotatable bonds is 50. The third kappa shape index (κ3) is 30.0. The van der Waals surface area contributed by atoms with Gasteiger partial charge in [-0.1, -0.05) is 60.7 Å². The number of para-hydroxylation sites is 1. The summed E-state index contributed by atoms with van der Waals surface area (Å²) in [6, 6.07) is 2.49. The summed E-state index contributed by atoms with van der Waals surface area (Å²) >= 11 is 0. The maximum Gasteiger partial charge on any atom is 0.305 e. The summed E-state index contributed by atoms with van der Waals surface area (Å²) in [5.41, 5.74) is 31.8. The second-order valence-electron chi connectivity index (χ2n) is 26.5. The van der Waals surface area contributed by atoms with Crippen molar-refractivity contribution in [1.29, 1.82) is 5.41 Å². The van der Waals surface area contributed by atoms with Crippen LogP contribution in [0.25, 0.3) is 10.9 Å². The minimum Gasteiger partial charge on any atom is -0.508 e. The first kappa shape index (κ1) is 88.1. The highest BCUT2D eigenvalue weighted by Gasteiger charge is 2.38. The van der Waals surface area contributed by atoms with Gasteiger partial charge in [0.2, 0.25) is 65.0 Å². The number of aromatic amines is 3. The molecule has 3 aromatic heterocycles. The molecule has 3 aromatic carbocycles. The summed E-state index contributed by atoms with van der Waals surface area (Å²) in [7, 11) is 0. The van der Waals surface area contributed by atoms with Crippen LogP contribution in [0.15, 0.2) is 110 Å². The molecule has 0 saturated heterocycles. The number of imidazole rings is 2. The standard InChI is InChI=1S/C72H98N22O18/c73-24-8-6-15-48(85-62(103)46(75)30-42-35-79-37-83-42)65(106)90-54(28-40-18-20-44(95)21-19-40)68(109)91-53(27-39-11-2-1-3-12-39)67(108)88-51(22-23-58(96)97)66(107)93-56(32-59(98)99)71(112)94-57(33-60(100)101)70(111)92-55(31-43-36-80-38-84-43)69(110)87-49(16-7-9-25-74)63(104)86-50(17-10-26-81-72(77)78)64(105)89-52(61(76)102)29-41-34-82-47-14-5-4-13-45(41)47/h1-5,11-14,18-21,34-38,46,48-57,82,95H,6-10,15-17,22-33,73-75H2,(H2,76,102)(H,79,83)(H,80,84)(H,85,103)(H,86,104)(H,87,110)(H,88,108)(H,89,105)(H,90,106)(H,91,109)(H,92,111)(H,93,107)(H,94,112)(H,96,97)(H,98,99)(H,100,101)(H4,77,78,81)/t46-,48+,49-,50+,51+,52+,53-,54+,55-,56-,57-/m1/s1. The largest absolute Gasteiger partial charge is 0.508 e. The molecule has 29 N–H and O–H groups in total. The van der Waals surface area contributed by atoms with E-state index >= 15 is 0 Å². The minimum absolute atomic E-state index is 0.0121. The van der Waals surface area contributed by atoms with E-state index in [0.717, 1.165) is 10.9 Å². The number of hydrogen-bond acceptors (Lipinski definition) is 21. The summed E-state index contributed by atoms with van der Waals surface area (Å²) in [4.78, 5) is 211. The van der Waals surface area contributed by atoms with E-state index in [2.05, 4.69) is 83.4 Å².